The second-order valence-corrected chi connectivity index (χ2v) is 7.76. The molecule has 2 aromatic heterocycles. The molecule has 0 bridgehead atoms. The van der Waals surface area contributed by atoms with E-state index in [1.165, 1.54) is 0 Å². The van der Waals surface area contributed by atoms with E-state index in [-0.39, 0.29) is 0 Å². The molecule has 4 aromatic carbocycles. The van der Waals surface area contributed by atoms with Gasteiger partial charge < -0.3 is 10.0 Å². The molecule has 0 amide bonds. The van der Waals surface area contributed by atoms with Crippen LogP contribution in [-0.4, -0.2) is 31.7 Å². The molecule has 2 N–H and O–H groups in total. The van der Waals surface area contributed by atoms with Crippen molar-refractivity contribution in [3.05, 3.63) is 97.1 Å². The Morgan fingerprint density at radius 1 is 0.625 bits per heavy atom. The van der Waals surface area contributed by atoms with Crippen molar-refractivity contribution in [3.8, 4) is 17.2 Å². The molecule has 0 radical (unpaired) electrons. The summed E-state index contributed by atoms with van der Waals surface area (Å²) in [6, 6.07) is 31.6. The maximum absolute atomic E-state index is 9.68. The minimum absolute atomic E-state index is 0.449. The van der Waals surface area contributed by atoms with Crippen LogP contribution in [0.1, 0.15) is 0 Å². The summed E-state index contributed by atoms with van der Waals surface area (Å²) in [6.07, 6.45) is 0. The Morgan fingerprint density at radius 2 is 1.31 bits per heavy atom. The van der Waals surface area contributed by atoms with Gasteiger partial charge in [-0.3, -0.25) is 4.57 Å². The van der Waals surface area contributed by atoms with Crippen molar-refractivity contribution in [2.24, 2.45) is 0 Å². The van der Waals surface area contributed by atoms with E-state index in [0.717, 1.165) is 44.0 Å². The van der Waals surface area contributed by atoms with Crippen molar-refractivity contribution in [2.45, 2.75) is 0 Å². The van der Waals surface area contributed by atoms with Crippen LogP contribution >= 0.6 is 0 Å². The minimum atomic E-state index is -1.52. The van der Waals surface area contributed by atoms with Gasteiger partial charge in [0.15, 0.2) is 0 Å². The van der Waals surface area contributed by atoms with Gasteiger partial charge in [0, 0.05) is 21.7 Å². The number of aromatic nitrogens is 3. The van der Waals surface area contributed by atoms with Gasteiger partial charge in [0.05, 0.1) is 22.2 Å². The van der Waals surface area contributed by atoms with Crippen molar-refractivity contribution < 1.29 is 10.0 Å². The van der Waals surface area contributed by atoms with Gasteiger partial charge >= 0.3 is 7.12 Å². The first-order valence-electron chi connectivity index (χ1n) is 10.4. The topological polar surface area (TPSA) is 71.2 Å². The Bertz CT molecular complexity index is 1610. The molecule has 0 unspecified atom stereocenters. The number of rotatable bonds is 3. The summed E-state index contributed by atoms with van der Waals surface area (Å²) in [7, 11) is -1.52. The van der Waals surface area contributed by atoms with E-state index < -0.39 is 7.12 Å². The van der Waals surface area contributed by atoms with Crippen LogP contribution in [0.25, 0.3) is 49.9 Å². The van der Waals surface area contributed by atoms with Crippen molar-refractivity contribution >= 4 is 45.3 Å². The molecule has 0 spiro atoms. The quantitative estimate of drug-likeness (QED) is 0.428. The molecule has 0 saturated carbocycles. The fourth-order valence-corrected chi connectivity index (χ4v) is 4.35. The lowest BCUT2D eigenvalue weighted by Gasteiger charge is -2.11. The third-order valence-corrected chi connectivity index (χ3v) is 5.83. The van der Waals surface area contributed by atoms with E-state index in [4.69, 9.17) is 9.97 Å². The molecule has 152 valence electrons. The van der Waals surface area contributed by atoms with E-state index >= 15 is 0 Å². The van der Waals surface area contributed by atoms with Gasteiger partial charge in [-0.2, -0.15) is 0 Å². The van der Waals surface area contributed by atoms with Crippen LogP contribution in [0.2, 0.25) is 0 Å². The van der Waals surface area contributed by atoms with Crippen LogP contribution < -0.4 is 5.46 Å². The zero-order chi connectivity index (χ0) is 21.7. The lowest BCUT2D eigenvalue weighted by atomic mass is 9.80. The van der Waals surface area contributed by atoms with Gasteiger partial charge in [-0.15, -0.1) is 0 Å². The third-order valence-electron chi connectivity index (χ3n) is 5.83. The molecule has 6 rings (SSSR count). The summed E-state index contributed by atoms with van der Waals surface area (Å²) in [5, 5.41) is 22.3. The Kier molecular flexibility index (Phi) is 4.28. The van der Waals surface area contributed by atoms with Crippen LogP contribution in [0, 0.1) is 0 Å². The predicted molar refractivity (Wildman–Crippen MR) is 129 cm³/mol. The fourth-order valence-electron chi connectivity index (χ4n) is 4.35. The first-order chi connectivity index (χ1) is 15.7. The molecule has 32 heavy (non-hydrogen) atoms. The summed E-state index contributed by atoms with van der Waals surface area (Å²) in [5.74, 6) is 0.575. The zero-order valence-corrected chi connectivity index (χ0v) is 17.1. The first kappa shape index (κ1) is 18.7. The normalized spacial score (nSPS) is 11.4. The molecule has 5 nitrogen and oxygen atoms in total. The summed E-state index contributed by atoms with van der Waals surface area (Å²) < 4.78 is 2.04. The number of hydrogen-bond acceptors (Lipinski definition) is 4. The summed E-state index contributed by atoms with van der Waals surface area (Å²) in [6.45, 7) is 0. The van der Waals surface area contributed by atoms with Crippen molar-refractivity contribution in [3.63, 3.8) is 0 Å². The van der Waals surface area contributed by atoms with Crippen molar-refractivity contribution in [1.82, 2.24) is 14.5 Å². The average molecular weight is 415 g/mol. The standard InChI is InChI=1S/C26H18BN3O2/c31-27(32)18-14-15-24-21(16-18)19-10-5-7-13-23(19)30(24)26-28-22-12-6-4-11-20(22)25(29-26)17-8-2-1-3-9-17/h1-16,31-32H. The van der Waals surface area contributed by atoms with Crippen molar-refractivity contribution in [1.29, 1.82) is 0 Å². The molecule has 2 heterocycles. The molecular weight excluding hydrogens is 397 g/mol. The number of hydrogen-bond donors (Lipinski definition) is 2. The monoisotopic (exact) mass is 415 g/mol. The second kappa shape index (κ2) is 7.30. The molecular formula is C26H18BN3O2. The largest absolute Gasteiger partial charge is 0.488 e. The highest BCUT2D eigenvalue weighted by molar-refractivity contribution is 6.59. The highest BCUT2D eigenvalue weighted by Crippen LogP contribution is 2.33. The molecule has 0 aliphatic rings. The van der Waals surface area contributed by atoms with Crippen molar-refractivity contribution in [2.75, 3.05) is 0 Å². The highest BCUT2D eigenvalue weighted by Gasteiger charge is 2.19. The number of fused-ring (bicyclic) bond motifs is 4. The van der Waals surface area contributed by atoms with Gasteiger partial charge in [0.25, 0.3) is 0 Å². The molecule has 6 heteroatoms. The Balaban J connectivity index is 1.72. The fraction of sp³-hybridized carbons (Fsp3) is 0. The van der Waals surface area contributed by atoms with Crippen LogP contribution in [0.15, 0.2) is 97.1 Å². The maximum atomic E-state index is 9.68. The molecule has 0 fully saturated rings. The van der Waals surface area contributed by atoms with Gasteiger partial charge in [-0.1, -0.05) is 78.9 Å². The summed E-state index contributed by atoms with van der Waals surface area (Å²) in [5.41, 5.74) is 5.08. The number of benzene rings is 4. The zero-order valence-electron chi connectivity index (χ0n) is 17.1. The predicted octanol–water partition coefficient (Wildman–Crippen LogP) is 4.07. The van der Waals surface area contributed by atoms with Gasteiger partial charge in [-0.25, -0.2) is 9.97 Å². The molecule has 0 saturated heterocycles. The first-order valence-corrected chi connectivity index (χ1v) is 10.4. The van der Waals surface area contributed by atoms with Gasteiger partial charge in [-0.05, 0) is 23.7 Å². The number of para-hydroxylation sites is 2. The van der Waals surface area contributed by atoms with E-state index in [0.29, 0.717) is 11.4 Å². The Hall–Kier alpha value is -4.00. The average Bonchev–Trinajstić information content (AvgIpc) is 3.17. The van der Waals surface area contributed by atoms with Crippen LogP contribution in [0.3, 0.4) is 0 Å². The van der Waals surface area contributed by atoms with E-state index in [9.17, 15) is 10.0 Å². The van der Waals surface area contributed by atoms with Gasteiger partial charge in [0.1, 0.15) is 0 Å². The van der Waals surface area contributed by atoms with Crippen LogP contribution in [0.5, 0.6) is 0 Å². The second-order valence-electron chi connectivity index (χ2n) is 7.76. The summed E-state index contributed by atoms with van der Waals surface area (Å²) >= 11 is 0. The van der Waals surface area contributed by atoms with E-state index in [1.54, 1.807) is 6.07 Å². The molecule has 0 aliphatic carbocycles. The van der Waals surface area contributed by atoms with Crippen LogP contribution in [0.4, 0.5) is 0 Å². The SMILES string of the molecule is OB(O)c1ccc2c(c1)c1ccccc1n2-c1nc(-c2ccccc2)c2ccccc2n1. The van der Waals surface area contributed by atoms with Crippen LogP contribution in [-0.2, 0) is 0 Å². The van der Waals surface area contributed by atoms with E-state index in [2.05, 4.69) is 12.1 Å². The molecule has 0 aliphatic heterocycles. The highest BCUT2D eigenvalue weighted by atomic mass is 16.4. The molecule has 6 aromatic rings. The lowest BCUT2D eigenvalue weighted by molar-refractivity contribution is 0.426. The lowest BCUT2D eigenvalue weighted by Crippen LogP contribution is -2.29. The maximum Gasteiger partial charge on any atom is 0.488 e. The minimum Gasteiger partial charge on any atom is -0.423 e. The van der Waals surface area contributed by atoms with E-state index in [1.807, 2.05) is 83.4 Å². The summed E-state index contributed by atoms with van der Waals surface area (Å²) in [4.78, 5) is 9.94. The van der Waals surface area contributed by atoms with Gasteiger partial charge in [0.2, 0.25) is 5.95 Å². The smallest absolute Gasteiger partial charge is 0.423 e. The Labute approximate surface area is 184 Å². The Morgan fingerprint density at radius 3 is 2.12 bits per heavy atom. The number of nitrogens with zero attached hydrogens (tertiary/aromatic N) is 3. The third kappa shape index (κ3) is 2.89. The molecule has 0 atom stereocenters.